The number of benzene rings is 1. The van der Waals surface area contributed by atoms with E-state index >= 15 is 0 Å². The number of carbonyl (C=O) groups is 1. The van der Waals surface area contributed by atoms with Gasteiger partial charge in [-0.2, -0.15) is 0 Å². The smallest absolute Gasteiger partial charge is 0.274 e. The molecule has 0 fully saturated rings. The van der Waals surface area contributed by atoms with Crippen LogP contribution in [0.4, 0.5) is 11.4 Å². The van der Waals surface area contributed by atoms with Crippen molar-refractivity contribution < 1.29 is 4.79 Å². The predicted octanol–water partition coefficient (Wildman–Crippen LogP) is 3.49. The van der Waals surface area contributed by atoms with Crippen LogP contribution in [0.3, 0.4) is 0 Å². The van der Waals surface area contributed by atoms with Crippen molar-refractivity contribution in [3.63, 3.8) is 0 Å². The van der Waals surface area contributed by atoms with Gasteiger partial charge in [0, 0.05) is 18.8 Å². The summed E-state index contributed by atoms with van der Waals surface area (Å²) in [4.78, 5) is 18.6. The van der Waals surface area contributed by atoms with E-state index in [0.29, 0.717) is 5.69 Å². The Bertz CT molecular complexity index is 604. The number of anilines is 2. The molecule has 110 valence electrons. The second kappa shape index (κ2) is 6.88. The van der Waals surface area contributed by atoms with E-state index in [1.165, 1.54) is 0 Å². The van der Waals surface area contributed by atoms with Gasteiger partial charge in [-0.1, -0.05) is 12.1 Å². The fraction of sp³-hybridized carbons (Fsp3) is 0.294. The van der Waals surface area contributed by atoms with E-state index in [1.54, 1.807) is 12.3 Å². The Morgan fingerprint density at radius 1 is 1.19 bits per heavy atom. The summed E-state index contributed by atoms with van der Waals surface area (Å²) in [6.07, 6.45) is 1.75. The van der Waals surface area contributed by atoms with Gasteiger partial charge in [0.05, 0.1) is 11.9 Å². The number of pyridine rings is 1. The molecule has 0 bridgehead atoms. The van der Waals surface area contributed by atoms with Gasteiger partial charge < -0.3 is 10.2 Å². The summed E-state index contributed by atoms with van der Waals surface area (Å²) in [7, 11) is 0. The van der Waals surface area contributed by atoms with Crippen molar-refractivity contribution in [3.8, 4) is 0 Å². The number of aromatic nitrogens is 1. The molecule has 4 heteroatoms. The molecule has 0 unspecified atom stereocenters. The quantitative estimate of drug-likeness (QED) is 0.913. The van der Waals surface area contributed by atoms with E-state index in [4.69, 9.17) is 0 Å². The SMILES string of the molecule is CCN(CC)c1ccc(C(=O)Nc2cccc(C)c2)nc1. The highest BCUT2D eigenvalue weighted by Gasteiger charge is 2.09. The molecule has 0 spiro atoms. The predicted molar refractivity (Wildman–Crippen MR) is 86.9 cm³/mol. The van der Waals surface area contributed by atoms with Gasteiger partial charge in [0.25, 0.3) is 5.91 Å². The van der Waals surface area contributed by atoms with E-state index in [1.807, 2.05) is 37.3 Å². The Balaban J connectivity index is 2.09. The Kier molecular flexibility index (Phi) is 4.93. The second-order valence-corrected chi connectivity index (χ2v) is 4.90. The molecular weight excluding hydrogens is 262 g/mol. The van der Waals surface area contributed by atoms with Crippen LogP contribution in [0, 0.1) is 6.92 Å². The lowest BCUT2D eigenvalue weighted by Gasteiger charge is -2.20. The van der Waals surface area contributed by atoms with Crippen LogP contribution in [0.5, 0.6) is 0 Å². The van der Waals surface area contributed by atoms with Gasteiger partial charge in [-0.25, -0.2) is 4.98 Å². The van der Waals surface area contributed by atoms with Crippen LogP contribution in [-0.4, -0.2) is 24.0 Å². The minimum atomic E-state index is -0.188. The van der Waals surface area contributed by atoms with Gasteiger partial charge in [-0.15, -0.1) is 0 Å². The van der Waals surface area contributed by atoms with Crippen LogP contribution in [0.25, 0.3) is 0 Å². The Morgan fingerprint density at radius 2 is 1.95 bits per heavy atom. The third-order valence-corrected chi connectivity index (χ3v) is 3.39. The maximum absolute atomic E-state index is 12.2. The first kappa shape index (κ1) is 15.0. The number of hydrogen-bond acceptors (Lipinski definition) is 3. The number of carbonyl (C=O) groups excluding carboxylic acids is 1. The number of hydrogen-bond donors (Lipinski definition) is 1. The highest BCUT2D eigenvalue weighted by Crippen LogP contribution is 2.14. The molecule has 2 rings (SSSR count). The van der Waals surface area contributed by atoms with E-state index in [0.717, 1.165) is 30.0 Å². The van der Waals surface area contributed by atoms with Crippen LogP contribution in [0.2, 0.25) is 0 Å². The molecular formula is C17H21N3O. The Hall–Kier alpha value is -2.36. The largest absolute Gasteiger partial charge is 0.371 e. The fourth-order valence-electron chi connectivity index (χ4n) is 2.21. The minimum absolute atomic E-state index is 0.188. The highest BCUT2D eigenvalue weighted by molar-refractivity contribution is 6.02. The lowest BCUT2D eigenvalue weighted by molar-refractivity contribution is 0.102. The van der Waals surface area contributed by atoms with Gasteiger partial charge in [0.2, 0.25) is 0 Å². The zero-order valence-corrected chi connectivity index (χ0v) is 12.8. The molecule has 1 N–H and O–H groups in total. The molecule has 1 amide bonds. The molecule has 1 aromatic carbocycles. The molecule has 0 saturated carbocycles. The molecule has 1 aromatic heterocycles. The molecule has 2 aromatic rings. The van der Waals surface area contributed by atoms with E-state index in [9.17, 15) is 4.79 Å². The number of aryl methyl sites for hydroxylation is 1. The van der Waals surface area contributed by atoms with Crippen molar-refractivity contribution in [1.82, 2.24) is 4.98 Å². The first-order valence-electron chi connectivity index (χ1n) is 7.23. The van der Waals surface area contributed by atoms with E-state index in [-0.39, 0.29) is 5.91 Å². The molecule has 0 aliphatic heterocycles. The van der Waals surface area contributed by atoms with Crippen molar-refractivity contribution in [1.29, 1.82) is 0 Å². The first-order valence-corrected chi connectivity index (χ1v) is 7.23. The van der Waals surface area contributed by atoms with Crippen molar-refractivity contribution in [3.05, 3.63) is 53.9 Å². The average molecular weight is 283 g/mol. The molecule has 0 atom stereocenters. The topological polar surface area (TPSA) is 45.2 Å². The maximum Gasteiger partial charge on any atom is 0.274 e. The van der Waals surface area contributed by atoms with Crippen LogP contribution >= 0.6 is 0 Å². The summed E-state index contributed by atoms with van der Waals surface area (Å²) in [5.41, 5.74) is 3.35. The van der Waals surface area contributed by atoms with E-state index in [2.05, 4.69) is 29.0 Å². The third-order valence-electron chi connectivity index (χ3n) is 3.39. The van der Waals surface area contributed by atoms with Gasteiger partial charge in [-0.3, -0.25) is 4.79 Å². The number of rotatable bonds is 5. The summed E-state index contributed by atoms with van der Waals surface area (Å²) in [5, 5.41) is 2.86. The lowest BCUT2D eigenvalue weighted by atomic mass is 10.2. The average Bonchev–Trinajstić information content (AvgIpc) is 2.49. The summed E-state index contributed by atoms with van der Waals surface area (Å²) in [6.45, 7) is 8.04. The number of nitrogens with zero attached hydrogens (tertiary/aromatic N) is 2. The molecule has 21 heavy (non-hydrogen) atoms. The zero-order valence-electron chi connectivity index (χ0n) is 12.8. The highest BCUT2D eigenvalue weighted by atomic mass is 16.1. The van der Waals surface area contributed by atoms with Crippen molar-refractivity contribution in [2.24, 2.45) is 0 Å². The van der Waals surface area contributed by atoms with Gasteiger partial charge in [-0.05, 0) is 50.6 Å². The Morgan fingerprint density at radius 3 is 2.52 bits per heavy atom. The molecule has 4 nitrogen and oxygen atoms in total. The van der Waals surface area contributed by atoms with Crippen molar-refractivity contribution >= 4 is 17.3 Å². The molecule has 0 radical (unpaired) electrons. The Labute approximate surface area is 125 Å². The molecule has 0 aliphatic rings. The summed E-state index contributed by atoms with van der Waals surface area (Å²) < 4.78 is 0. The fourth-order valence-corrected chi connectivity index (χ4v) is 2.21. The zero-order chi connectivity index (χ0) is 15.2. The standard InChI is InChI=1S/C17H21N3O/c1-4-20(5-2)15-9-10-16(18-12-15)17(21)19-14-8-6-7-13(3)11-14/h6-12H,4-5H2,1-3H3,(H,19,21). The second-order valence-electron chi connectivity index (χ2n) is 4.90. The maximum atomic E-state index is 12.2. The molecule has 0 saturated heterocycles. The van der Waals surface area contributed by atoms with Crippen molar-refractivity contribution in [2.75, 3.05) is 23.3 Å². The van der Waals surface area contributed by atoms with Gasteiger partial charge in [0.15, 0.2) is 0 Å². The normalized spacial score (nSPS) is 10.2. The number of nitrogens with one attached hydrogen (secondary N) is 1. The van der Waals surface area contributed by atoms with Crippen LogP contribution in [0.15, 0.2) is 42.6 Å². The lowest BCUT2D eigenvalue weighted by Crippen LogP contribution is -2.22. The van der Waals surface area contributed by atoms with Crippen LogP contribution < -0.4 is 10.2 Å². The number of amides is 1. The first-order chi connectivity index (χ1) is 10.1. The third kappa shape index (κ3) is 3.81. The van der Waals surface area contributed by atoms with E-state index < -0.39 is 0 Å². The summed E-state index contributed by atoms with van der Waals surface area (Å²) >= 11 is 0. The van der Waals surface area contributed by atoms with Gasteiger partial charge >= 0.3 is 0 Å². The van der Waals surface area contributed by atoms with Crippen LogP contribution in [0.1, 0.15) is 29.9 Å². The van der Waals surface area contributed by atoms with Gasteiger partial charge in [0.1, 0.15) is 5.69 Å². The molecule has 0 aliphatic carbocycles. The minimum Gasteiger partial charge on any atom is -0.371 e. The summed E-state index contributed by atoms with van der Waals surface area (Å²) in [6, 6.07) is 11.4. The van der Waals surface area contributed by atoms with Crippen LogP contribution in [-0.2, 0) is 0 Å². The molecule has 1 heterocycles. The monoisotopic (exact) mass is 283 g/mol. The van der Waals surface area contributed by atoms with Crippen molar-refractivity contribution in [2.45, 2.75) is 20.8 Å². The summed E-state index contributed by atoms with van der Waals surface area (Å²) in [5.74, 6) is -0.188.